The van der Waals surface area contributed by atoms with Gasteiger partial charge in [-0.15, -0.1) is 0 Å². The summed E-state index contributed by atoms with van der Waals surface area (Å²) in [5.41, 5.74) is 0.902. The first-order chi connectivity index (χ1) is 10.9. The van der Waals surface area contributed by atoms with Crippen molar-refractivity contribution >= 4 is 5.91 Å². The lowest BCUT2D eigenvalue weighted by Crippen LogP contribution is -2.50. The molecule has 5 nitrogen and oxygen atoms in total. The van der Waals surface area contributed by atoms with Crippen LogP contribution in [-0.2, 0) is 6.54 Å². The molecule has 1 aromatic heterocycles. The molecule has 0 aliphatic carbocycles. The zero-order chi connectivity index (χ0) is 16.9. The Balaban J connectivity index is 1.95. The number of H-pyrrole nitrogens is 1. The van der Waals surface area contributed by atoms with Gasteiger partial charge in [0.15, 0.2) is 0 Å². The average molecular weight is 313 g/mol. The van der Waals surface area contributed by atoms with E-state index in [9.17, 15) is 9.59 Å². The molecule has 1 heterocycles. The van der Waals surface area contributed by atoms with Crippen molar-refractivity contribution in [2.75, 3.05) is 13.6 Å². The van der Waals surface area contributed by atoms with E-state index in [1.54, 1.807) is 6.07 Å². The van der Waals surface area contributed by atoms with Gasteiger partial charge in [0.05, 0.1) is 0 Å². The number of nitrogens with zero attached hydrogens (tertiary/aromatic N) is 1. The quantitative estimate of drug-likeness (QED) is 0.857. The molecule has 0 aliphatic rings. The van der Waals surface area contributed by atoms with E-state index in [-0.39, 0.29) is 11.5 Å². The molecule has 0 saturated heterocycles. The highest BCUT2D eigenvalue weighted by atomic mass is 16.2. The van der Waals surface area contributed by atoms with Crippen LogP contribution in [-0.4, -0.2) is 34.9 Å². The van der Waals surface area contributed by atoms with Crippen LogP contribution in [0, 0.1) is 0 Å². The van der Waals surface area contributed by atoms with Gasteiger partial charge in [-0.3, -0.25) is 14.5 Å². The summed E-state index contributed by atoms with van der Waals surface area (Å²) in [6, 6.07) is 13.1. The maximum Gasteiger partial charge on any atom is 0.251 e. The van der Waals surface area contributed by atoms with E-state index < -0.39 is 5.54 Å². The van der Waals surface area contributed by atoms with Crippen LogP contribution in [0.5, 0.6) is 0 Å². The van der Waals surface area contributed by atoms with Gasteiger partial charge < -0.3 is 10.3 Å². The summed E-state index contributed by atoms with van der Waals surface area (Å²) < 4.78 is 0. The van der Waals surface area contributed by atoms with Crippen molar-refractivity contribution in [2.24, 2.45) is 0 Å². The van der Waals surface area contributed by atoms with Gasteiger partial charge in [0, 0.05) is 36.5 Å². The van der Waals surface area contributed by atoms with Crippen LogP contribution < -0.4 is 10.9 Å². The molecule has 0 bridgehead atoms. The minimum atomic E-state index is -0.413. The van der Waals surface area contributed by atoms with Crippen molar-refractivity contribution in [3.8, 4) is 0 Å². The molecule has 2 rings (SSSR count). The van der Waals surface area contributed by atoms with Crippen LogP contribution in [0.2, 0.25) is 0 Å². The molecule has 2 N–H and O–H groups in total. The van der Waals surface area contributed by atoms with Gasteiger partial charge in [-0.1, -0.05) is 30.3 Å². The number of aromatic amines is 1. The normalized spacial score (nSPS) is 11.5. The summed E-state index contributed by atoms with van der Waals surface area (Å²) in [6.07, 6.45) is 1.48. The first-order valence-corrected chi connectivity index (χ1v) is 7.59. The van der Waals surface area contributed by atoms with Gasteiger partial charge in [0.2, 0.25) is 5.56 Å². The van der Waals surface area contributed by atoms with Crippen LogP contribution in [0.1, 0.15) is 29.8 Å². The Hall–Kier alpha value is -2.40. The Bertz CT molecular complexity index is 707. The standard InChI is InChI=1S/C18H23N3O2/c1-18(2,13-21(3)12-14-7-5-4-6-8-14)20-17(23)15-9-10-19-16(22)11-15/h4-11H,12-13H2,1-3H3,(H,19,22)(H,20,23). The monoisotopic (exact) mass is 313 g/mol. The highest BCUT2D eigenvalue weighted by Crippen LogP contribution is 2.10. The van der Waals surface area contributed by atoms with Crippen LogP contribution >= 0.6 is 0 Å². The van der Waals surface area contributed by atoms with Gasteiger partial charge in [-0.05, 0) is 32.5 Å². The Kier molecular flexibility index (Phi) is 5.34. The summed E-state index contributed by atoms with van der Waals surface area (Å²) in [6.45, 7) is 5.45. The summed E-state index contributed by atoms with van der Waals surface area (Å²) in [4.78, 5) is 28.2. The topological polar surface area (TPSA) is 65.2 Å². The molecule has 0 spiro atoms. The molecule has 0 saturated carbocycles. The fourth-order valence-electron chi connectivity index (χ4n) is 2.63. The van der Waals surface area contributed by atoms with Crippen molar-refractivity contribution in [3.63, 3.8) is 0 Å². The van der Waals surface area contributed by atoms with Crippen molar-refractivity contribution in [1.82, 2.24) is 15.2 Å². The Labute approximate surface area is 136 Å². The number of rotatable bonds is 6. The van der Waals surface area contributed by atoms with Crippen molar-refractivity contribution in [2.45, 2.75) is 25.9 Å². The molecule has 122 valence electrons. The summed E-state index contributed by atoms with van der Waals surface area (Å²) in [5, 5.41) is 2.98. The molecule has 2 aromatic rings. The first-order valence-electron chi connectivity index (χ1n) is 7.59. The van der Waals surface area contributed by atoms with Crippen LogP contribution in [0.4, 0.5) is 0 Å². The van der Waals surface area contributed by atoms with E-state index >= 15 is 0 Å². The largest absolute Gasteiger partial charge is 0.346 e. The average Bonchev–Trinajstić information content (AvgIpc) is 2.47. The molecule has 23 heavy (non-hydrogen) atoms. The van der Waals surface area contributed by atoms with E-state index in [0.717, 1.165) is 6.54 Å². The molecule has 0 fully saturated rings. The van der Waals surface area contributed by atoms with Gasteiger partial charge in [0.25, 0.3) is 5.91 Å². The predicted octanol–water partition coefficient (Wildman–Crippen LogP) is 2.02. The maximum atomic E-state index is 12.3. The summed E-state index contributed by atoms with van der Waals surface area (Å²) >= 11 is 0. The van der Waals surface area contributed by atoms with Gasteiger partial charge in [0.1, 0.15) is 0 Å². The fraction of sp³-hybridized carbons (Fsp3) is 0.333. The van der Waals surface area contributed by atoms with Gasteiger partial charge in [-0.2, -0.15) is 0 Å². The molecular formula is C18H23N3O2. The Morgan fingerprint density at radius 1 is 1.22 bits per heavy atom. The Morgan fingerprint density at radius 3 is 2.57 bits per heavy atom. The molecule has 5 heteroatoms. The molecule has 0 aliphatic heterocycles. The smallest absolute Gasteiger partial charge is 0.251 e. The lowest BCUT2D eigenvalue weighted by molar-refractivity contribution is 0.0892. The first kappa shape index (κ1) is 17.0. The minimum Gasteiger partial charge on any atom is -0.346 e. The minimum absolute atomic E-state index is 0.241. The maximum absolute atomic E-state index is 12.3. The highest BCUT2D eigenvalue weighted by molar-refractivity contribution is 5.94. The number of amides is 1. The second-order valence-electron chi connectivity index (χ2n) is 6.44. The third-order valence-corrected chi connectivity index (χ3v) is 3.45. The molecule has 0 atom stereocenters. The fourth-order valence-corrected chi connectivity index (χ4v) is 2.63. The molecule has 1 amide bonds. The SMILES string of the molecule is CN(Cc1ccccc1)CC(C)(C)NC(=O)c1cc[nH]c(=O)c1. The lowest BCUT2D eigenvalue weighted by atomic mass is 10.0. The highest BCUT2D eigenvalue weighted by Gasteiger charge is 2.23. The van der Waals surface area contributed by atoms with E-state index in [2.05, 4.69) is 27.3 Å². The third kappa shape index (κ3) is 5.38. The van der Waals surface area contributed by atoms with E-state index in [1.165, 1.54) is 17.8 Å². The van der Waals surface area contributed by atoms with Crippen molar-refractivity contribution in [3.05, 3.63) is 70.1 Å². The molecule has 0 unspecified atom stereocenters. The number of hydrogen-bond acceptors (Lipinski definition) is 3. The number of aromatic nitrogens is 1. The van der Waals surface area contributed by atoms with E-state index in [0.29, 0.717) is 12.1 Å². The Morgan fingerprint density at radius 2 is 1.91 bits per heavy atom. The van der Waals surface area contributed by atoms with Crippen LogP contribution in [0.3, 0.4) is 0 Å². The lowest BCUT2D eigenvalue weighted by Gasteiger charge is -2.31. The number of hydrogen-bond donors (Lipinski definition) is 2. The molecular weight excluding hydrogens is 290 g/mol. The number of carbonyl (C=O) groups is 1. The van der Waals surface area contributed by atoms with Crippen molar-refractivity contribution in [1.29, 1.82) is 0 Å². The van der Waals surface area contributed by atoms with Crippen LogP contribution in [0.15, 0.2) is 53.5 Å². The molecule has 0 radical (unpaired) electrons. The van der Waals surface area contributed by atoms with Crippen LogP contribution in [0.25, 0.3) is 0 Å². The van der Waals surface area contributed by atoms with Crippen molar-refractivity contribution < 1.29 is 4.79 Å². The summed E-state index contributed by atoms with van der Waals surface area (Å²) in [5.74, 6) is -0.241. The summed E-state index contributed by atoms with van der Waals surface area (Å²) in [7, 11) is 2.02. The third-order valence-electron chi connectivity index (χ3n) is 3.45. The van der Waals surface area contributed by atoms with E-state index in [4.69, 9.17) is 0 Å². The number of pyridine rings is 1. The van der Waals surface area contributed by atoms with E-state index in [1.807, 2.05) is 39.1 Å². The predicted molar refractivity (Wildman–Crippen MR) is 91.4 cm³/mol. The second kappa shape index (κ2) is 7.24. The van der Waals surface area contributed by atoms with Gasteiger partial charge in [-0.25, -0.2) is 0 Å². The van der Waals surface area contributed by atoms with Gasteiger partial charge >= 0.3 is 0 Å². The number of likely N-dealkylation sites (N-methyl/N-ethyl adjacent to an activating group) is 1. The second-order valence-corrected chi connectivity index (χ2v) is 6.44. The zero-order valence-corrected chi connectivity index (χ0v) is 13.8. The number of benzene rings is 1. The number of carbonyl (C=O) groups excluding carboxylic acids is 1. The molecule has 1 aromatic carbocycles. The number of nitrogens with one attached hydrogen (secondary N) is 2. The zero-order valence-electron chi connectivity index (χ0n) is 13.8.